The maximum Gasteiger partial charge on any atom is 0.251 e. The van der Waals surface area contributed by atoms with Crippen LogP contribution in [-0.2, 0) is 6.61 Å². The van der Waals surface area contributed by atoms with Crippen molar-refractivity contribution in [3.63, 3.8) is 0 Å². The van der Waals surface area contributed by atoms with E-state index in [1.165, 1.54) is 22.8 Å². The molecule has 0 spiro atoms. The SMILES string of the molecule is Fc1ccc(-c2cnc3nc(COc4ccccc4)cn3n2)c(F)c1. The molecule has 0 unspecified atom stereocenters. The second kappa shape index (κ2) is 6.27. The molecule has 0 saturated heterocycles. The van der Waals surface area contributed by atoms with Crippen LogP contribution in [0.5, 0.6) is 5.75 Å². The first-order valence-electron chi connectivity index (χ1n) is 7.53. The van der Waals surface area contributed by atoms with E-state index in [-0.39, 0.29) is 17.9 Å². The quantitative estimate of drug-likeness (QED) is 0.570. The minimum atomic E-state index is -0.693. The van der Waals surface area contributed by atoms with E-state index in [1.54, 1.807) is 6.20 Å². The molecule has 2 heterocycles. The lowest BCUT2D eigenvalue weighted by molar-refractivity contribution is 0.302. The van der Waals surface area contributed by atoms with Gasteiger partial charge in [0.05, 0.1) is 12.4 Å². The summed E-state index contributed by atoms with van der Waals surface area (Å²) < 4.78 is 34.0. The molecule has 0 saturated carbocycles. The van der Waals surface area contributed by atoms with Crippen molar-refractivity contribution in [1.82, 2.24) is 19.6 Å². The van der Waals surface area contributed by atoms with Crippen molar-refractivity contribution in [2.45, 2.75) is 6.61 Å². The Kier molecular flexibility index (Phi) is 3.81. The Balaban J connectivity index is 1.61. The Labute approximate surface area is 141 Å². The number of ether oxygens (including phenoxy) is 1. The molecule has 5 nitrogen and oxygen atoms in total. The van der Waals surface area contributed by atoms with Crippen molar-refractivity contribution in [1.29, 1.82) is 0 Å². The van der Waals surface area contributed by atoms with Crippen molar-refractivity contribution in [2.24, 2.45) is 0 Å². The molecular weight excluding hydrogens is 326 g/mol. The standard InChI is InChI=1S/C18H12F2N4O/c19-12-6-7-15(16(20)8-12)17-9-21-18-22-13(10-24(18)23-17)11-25-14-4-2-1-3-5-14/h1-10H,11H2. The minimum absolute atomic E-state index is 0.173. The first-order chi connectivity index (χ1) is 12.2. The predicted octanol–water partition coefficient (Wildman–Crippen LogP) is 3.65. The second-order valence-electron chi connectivity index (χ2n) is 5.35. The van der Waals surface area contributed by atoms with Gasteiger partial charge in [0, 0.05) is 11.6 Å². The number of hydrogen-bond donors (Lipinski definition) is 0. The number of imidazole rings is 1. The highest BCUT2D eigenvalue weighted by atomic mass is 19.1. The van der Waals surface area contributed by atoms with Crippen molar-refractivity contribution < 1.29 is 13.5 Å². The van der Waals surface area contributed by atoms with Crippen molar-refractivity contribution >= 4 is 5.78 Å². The molecule has 2 aromatic carbocycles. The highest BCUT2D eigenvalue weighted by Gasteiger charge is 2.11. The molecule has 0 amide bonds. The van der Waals surface area contributed by atoms with Gasteiger partial charge in [0.1, 0.15) is 35.4 Å². The van der Waals surface area contributed by atoms with Crippen LogP contribution >= 0.6 is 0 Å². The van der Waals surface area contributed by atoms with Gasteiger partial charge in [-0.3, -0.25) is 0 Å². The van der Waals surface area contributed by atoms with E-state index in [2.05, 4.69) is 15.1 Å². The number of rotatable bonds is 4. The van der Waals surface area contributed by atoms with Gasteiger partial charge in [-0.25, -0.2) is 23.3 Å². The molecule has 7 heteroatoms. The van der Waals surface area contributed by atoms with E-state index in [0.717, 1.165) is 11.8 Å². The van der Waals surface area contributed by atoms with E-state index < -0.39 is 11.6 Å². The maximum absolute atomic E-state index is 13.9. The van der Waals surface area contributed by atoms with Gasteiger partial charge < -0.3 is 4.74 Å². The van der Waals surface area contributed by atoms with E-state index in [0.29, 0.717) is 11.5 Å². The van der Waals surface area contributed by atoms with Crippen LogP contribution in [0, 0.1) is 11.6 Å². The number of para-hydroxylation sites is 1. The lowest BCUT2D eigenvalue weighted by Gasteiger charge is -2.02. The van der Waals surface area contributed by atoms with Crippen LogP contribution in [0.15, 0.2) is 60.9 Å². The fraction of sp³-hybridized carbons (Fsp3) is 0.0556. The predicted molar refractivity (Wildman–Crippen MR) is 86.9 cm³/mol. The lowest BCUT2D eigenvalue weighted by Crippen LogP contribution is -1.97. The summed E-state index contributed by atoms with van der Waals surface area (Å²) in [5.74, 6) is -0.229. The monoisotopic (exact) mass is 338 g/mol. The second-order valence-corrected chi connectivity index (χ2v) is 5.35. The molecule has 0 aliphatic carbocycles. The average Bonchev–Trinajstić information content (AvgIpc) is 3.03. The Morgan fingerprint density at radius 3 is 2.68 bits per heavy atom. The van der Waals surface area contributed by atoms with Crippen LogP contribution in [0.1, 0.15) is 5.69 Å². The first-order valence-corrected chi connectivity index (χ1v) is 7.53. The van der Waals surface area contributed by atoms with Crippen molar-refractivity contribution in [2.75, 3.05) is 0 Å². The molecule has 0 fully saturated rings. The fourth-order valence-electron chi connectivity index (χ4n) is 2.39. The third kappa shape index (κ3) is 3.16. The molecular formula is C18H12F2N4O. The summed E-state index contributed by atoms with van der Waals surface area (Å²) in [6.45, 7) is 0.259. The Hall–Kier alpha value is -3.35. The number of aromatic nitrogens is 4. The van der Waals surface area contributed by atoms with Gasteiger partial charge >= 0.3 is 0 Å². The maximum atomic E-state index is 13.9. The van der Waals surface area contributed by atoms with Gasteiger partial charge in [0.25, 0.3) is 5.78 Å². The van der Waals surface area contributed by atoms with Crippen molar-refractivity contribution in [3.05, 3.63) is 78.3 Å². The van der Waals surface area contributed by atoms with Gasteiger partial charge in [-0.15, -0.1) is 0 Å². The number of hydrogen-bond acceptors (Lipinski definition) is 4. The molecule has 25 heavy (non-hydrogen) atoms. The molecule has 0 aliphatic heterocycles. The zero-order valence-electron chi connectivity index (χ0n) is 12.9. The average molecular weight is 338 g/mol. The zero-order chi connectivity index (χ0) is 17.2. The summed E-state index contributed by atoms with van der Waals surface area (Å²) in [7, 11) is 0. The third-order valence-electron chi connectivity index (χ3n) is 3.57. The fourth-order valence-corrected chi connectivity index (χ4v) is 2.39. The van der Waals surface area contributed by atoms with Gasteiger partial charge in [-0.1, -0.05) is 18.2 Å². The number of nitrogens with zero attached hydrogens (tertiary/aromatic N) is 4. The van der Waals surface area contributed by atoms with E-state index in [1.807, 2.05) is 30.3 Å². The van der Waals surface area contributed by atoms with Crippen LogP contribution in [0.2, 0.25) is 0 Å². The number of benzene rings is 2. The van der Waals surface area contributed by atoms with Crippen LogP contribution in [0.25, 0.3) is 17.0 Å². The summed E-state index contributed by atoms with van der Waals surface area (Å²) in [5.41, 5.74) is 1.10. The molecule has 124 valence electrons. The van der Waals surface area contributed by atoms with E-state index in [9.17, 15) is 8.78 Å². The summed E-state index contributed by atoms with van der Waals surface area (Å²) in [4.78, 5) is 8.48. The Bertz CT molecular complexity index is 1030. The van der Waals surface area contributed by atoms with E-state index >= 15 is 0 Å². The lowest BCUT2D eigenvalue weighted by atomic mass is 10.1. The van der Waals surface area contributed by atoms with Crippen LogP contribution < -0.4 is 4.74 Å². The molecule has 4 aromatic rings. The van der Waals surface area contributed by atoms with Gasteiger partial charge in [-0.05, 0) is 24.3 Å². The largest absolute Gasteiger partial charge is 0.487 e. The van der Waals surface area contributed by atoms with Gasteiger partial charge in [-0.2, -0.15) is 5.10 Å². The van der Waals surface area contributed by atoms with Crippen LogP contribution in [0.3, 0.4) is 0 Å². The van der Waals surface area contributed by atoms with Gasteiger partial charge in [0.2, 0.25) is 0 Å². The van der Waals surface area contributed by atoms with Crippen molar-refractivity contribution in [3.8, 4) is 17.0 Å². The molecule has 2 aromatic heterocycles. The number of halogens is 2. The topological polar surface area (TPSA) is 52.3 Å². The first kappa shape index (κ1) is 15.2. The highest BCUT2D eigenvalue weighted by Crippen LogP contribution is 2.21. The Morgan fingerprint density at radius 1 is 1.04 bits per heavy atom. The molecule has 4 rings (SSSR count). The van der Waals surface area contributed by atoms with Crippen LogP contribution in [-0.4, -0.2) is 19.6 Å². The molecule has 0 aliphatic rings. The summed E-state index contributed by atoms with van der Waals surface area (Å²) in [6, 6.07) is 12.7. The Morgan fingerprint density at radius 2 is 1.88 bits per heavy atom. The molecule has 0 N–H and O–H groups in total. The molecule has 0 bridgehead atoms. The third-order valence-corrected chi connectivity index (χ3v) is 3.57. The summed E-state index contributed by atoms with van der Waals surface area (Å²) >= 11 is 0. The number of fused-ring (bicyclic) bond motifs is 1. The molecule has 0 radical (unpaired) electrons. The zero-order valence-corrected chi connectivity index (χ0v) is 12.9. The van der Waals surface area contributed by atoms with E-state index in [4.69, 9.17) is 4.74 Å². The smallest absolute Gasteiger partial charge is 0.251 e. The normalized spacial score (nSPS) is 11.0. The minimum Gasteiger partial charge on any atom is -0.487 e. The van der Waals surface area contributed by atoms with Crippen LogP contribution in [0.4, 0.5) is 8.78 Å². The summed E-state index contributed by atoms with van der Waals surface area (Å²) in [6.07, 6.45) is 3.07. The summed E-state index contributed by atoms with van der Waals surface area (Å²) in [5, 5.41) is 4.29. The molecule has 0 atom stereocenters. The highest BCUT2D eigenvalue weighted by molar-refractivity contribution is 5.59. The van der Waals surface area contributed by atoms with Gasteiger partial charge in [0.15, 0.2) is 0 Å².